The van der Waals surface area contributed by atoms with E-state index in [0.29, 0.717) is 11.9 Å². The minimum Gasteiger partial charge on any atom is -0.324 e. The van der Waals surface area contributed by atoms with Crippen LogP contribution in [-0.4, -0.2) is 40.5 Å². The molecule has 17 heavy (non-hydrogen) atoms. The average molecular weight is 251 g/mol. The molecular weight excluding hydrogens is 234 g/mol. The largest absolute Gasteiger partial charge is 0.324 e. The van der Waals surface area contributed by atoms with Gasteiger partial charge in [0, 0.05) is 24.5 Å². The van der Waals surface area contributed by atoms with E-state index < -0.39 is 0 Å². The summed E-state index contributed by atoms with van der Waals surface area (Å²) in [5, 5.41) is 2.83. The minimum absolute atomic E-state index is 0.0735. The number of thioether (sulfide) groups is 1. The molecule has 5 heteroatoms. The van der Waals surface area contributed by atoms with Crippen molar-refractivity contribution in [3.8, 4) is 0 Å². The van der Waals surface area contributed by atoms with Crippen molar-refractivity contribution in [1.29, 1.82) is 0 Å². The summed E-state index contributed by atoms with van der Waals surface area (Å²) >= 11 is 1.90. The number of pyridine rings is 1. The molecule has 1 aromatic rings. The van der Waals surface area contributed by atoms with Crippen molar-refractivity contribution in [2.24, 2.45) is 0 Å². The lowest BCUT2D eigenvalue weighted by Gasteiger charge is -2.23. The summed E-state index contributed by atoms with van der Waals surface area (Å²) in [5.41, 5.74) is 0.905. The highest BCUT2D eigenvalue weighted by Crippen LogP contribution is 2.21. The van der Waals surface area contributed by atoms with Crippen molar-refractivity contribution in [3.63, 3.8) is 0 Å². The van der Waals surface area contributed by atoms with E-state index in [1.807, 2.05) is 43.9 Å². The fourth-order valence-corrected chi connectivity index (χ4v) is 3.07. The van der Waals surface area contributed by atoms with Gasteiger partial charge >= 0.3 is 6.03 Å². The fraction of sp³-hybridized carbons (Fsp3) is 0.500. The van der Waals surface area contributed by atoms with Gasteiger partial charge in [-0.25, -0.2) is 9.78 Å². The third-order valence-electron chi connectivity index (χ3n) is 2.90. The summed E-state index contributed by atoms with van der Waals surface area (Å²) in [7, 11) is 1.85. The second-order valence-electron chi connectivity index (χ2n) is 4.22. The van der Waals surface area contributed by atoms with Crippen molar-refractivity contribution in [2.75, 3.05) is 23.9 Å². The number of nitrogens with zero attached hydrogens (tertiary/aromatic N) is 2. The maximum Gasteiger partial charge on any atom is 0.323 e. The highest BCUT2D eigenvalue weighted by atomic mass is 32.2. The molecule has 0 saturated carbocycles. The van der Waals surface area contributed by atoms with E-state index in [1.54, 1.807) is 4.90 Å². The molecule has 1 fully saturated rings. The lowest BCUT2D eigenvalue weighted by atomic mass is 10.2. The number of carbonyl (C=O) groups excluding carboxylic acids is 1. The maximum absolute atomic E-state index is 12.0. The number of aromatic nitrogens is 1. The molecule has 1 aliphatic rings. The van der Waals surface area contributed by atoms with Gasteiger partial charge in [-0.05, 0) is 31.2 Å². The Morgan fingerprint density at radius 2 is 2.41 bits per heavy atom. The Kier molecular flexibility index (Phi) is 3.89. The van der Waals surface area contributed by atoms with E-state index in [1.165, 1.54) is 0 Å². The third kappa shape index (κ3) is 3.12. The lowest BCUT2D eigenvalue weighted by Crippen LogP contribution is -2.40. The summed E-state index contributed by atoms with van der Waals surface area (Å²) in [6.07, 6.45) is 1.08. The predicted octanol–water partition coefficient (Wildman–Crippen LogP) is 2.36. The number of amides is 2. The summed E-state index contributed by atoms with van der Waals surface area (Å²) in [4.78, 5) is 18.0. The van der Waals surface area contributed by atoms with E-state index >= 15 is 0 Å². The van der Waals surface area contributed by atoms with Gasteiger partial charge < -0.3 is 4.90 Å². The molecule has 4 nitrogen and oxygen atoms in total. The molecule has 0 bridgehead atoms. The van der Waals surface area contributed by atoms with Crippen molar-refractivity contribution in [1.82, 2.24) is 9.88 Å². The highest BCUT2D eigenvalue weighted by Gasteiger charge is 2.23. The summed E-state index contributed by atoms with van der Waals surface area (Å²) < 4.78 is 0. The van der Waals surface area contributed by atoms with Crippen LogP contribution in [0.25, 0.3) is 0 Å². The predicted molar refractivity (Wildman–Crippen MR) is 71.5 cm³/mol. The minimum atomic E-state index is -0.0735. The van der Waals surface area contributed by atoms with Crippen LogP contribution in [0.15, 0.2) is 18.2 Å². The van der Waals surface area contributed by atoms with E-state index in [-0.39, 0.29) is 6.03 Å². The highest BCUT2D eigenvalue weighted by molar-refractivity contribution is 7.99. The first-order valence-electron chi connectivity index (χ1n) is 5.72. The van der Waals surface area contributed by atoms with Crippen LogP contribution < -0.4 is 5.32 Å². The van der Waals surface area contributed by atoms with Crippen LogP contribution >= 0.6 is 11.8 Å². The Balaban J connectivity index is 1.96. The summed E-state index contributed by atoms with van der Waals surface area (Å²) in [6.45, 7) is 1.91. The van der Waals surface area contributed by atoms with E-state index in [4.69, 9.17) is 0 Å². The number of urea groups is 1. The molecule has 0 radical (unpaired) electrons. The Morgan fingerprint density at radius 1 is 1.59 bits per heavy atom. The molecule has 92 valence electrons. The normalized spacial score (nSPS) is 19.1. The van der Waals surface area contributed by atoms with Gasteiger partial charge in [0.05, 0.1) is 0 Å². The Bertz CT molecular complexity index is 404. The topological polar surface area (TPSA) is 45.2 Å². The van der Waals surface area contributed by atoms with E-state index in [0.717, 1.165) is 23.6 Å². The zero-order valence-corrected chi connectivity index (χ0v) is 11.0. The lowest BCUT2D eigenvalue weighted by molar-refractivity contribution is 0.209. The average Bonchev–Trinajstić information content (AvgIpc) is 2.81. The molecule has 0 spiro atoms. The maximum atomic E-state index is 12.0. The summed E-state index contributed by atoms with van der Waals surface area (Å²) in [5.74, 6) is 2.79. The smallest absolute Gasteiger partial charge is 0.323 e. The molecule has 1 atom stereocenters. The van der Waals surface area contributed by atoms with Crippen LogP contribution in [0.4, 0.5) is 10.6 Å². The van der Waals surface area contributed by atoms with Gasteiger partial charge in [0.1, 0.15) is 5.82 Å². The van der Waals surface area contributed by atoms with Gasteiger partial charge in [-0.2, -0.15) is 11.8 Å². The first-order chi connectivity index (χ1) is 8.16. The van der Waals surface area contributed by atoms with Crippen LogP contribution in [-0.2, 0) is 0 Å². The Hall–Kier alpha value is -1.23. The van der Waals surface area contributed by atoms with Crippen molar-refractivity contribution < 1.29 is 4.79 Å². The number of carbonyl (C=O) groups is 1. The molecule has 1 unspecified atom stereocenters. The summed E-state index contributed by atoms with van der Waals surface area (Å²) in [6, 6.07) is 5.89. The standard InChI is InChI=1S/C12H17N3OS/c1-9-4-3-5-11(13-9)14-12(16)15(2)10-6-7-17-8-10/h3-5,10H,6-8H2,1-2H3,(H,13,14,16). The number of hydrogen-bond acceptors (Lipinski definition) is 3. The Morgan fingerprint density at radius 3 is 3.06 bits per heavy atom. The number of nitrogens with one attached hydrogen (secondary N) is 1. The molecule has 0 aliphatic carbocycles. The van der Waals surface area contributed by atoms with Gasteiger partial charge in [-0.1, -0.05) is 6.07 Å². The van der Waals surface area contributed by atoms with Crippen molar-refractivity contribution in [3.05, 3.63) is 23.9 Å². The van der Waals surface area contributed by atoms with Crippen LogP contribution in [0.3, 0.4) is 0 Å². The third-order valence-corrected chi connectivity index (χ3v) is 4.04. The van der Waals surface area contributed by atoms with Crippen molar-refractivity contribution in [2.45, 2.75) is 19.4 Å². The van der Waals surface area contributed by atoms with Gasteiger partial charge in [0.2, 0.25) is 0 Å². The van der Waals surface area contributed by atoms with Crippen LogP contribution in [0.2, 0.25) is 0 Å². The van der Waals surface area contributed by atoms with Gasteiger partial charge in [0.25, 0.3) is 0 Å². The quantitative estimate of drug-likeness (QED) is 0.877. The molecule has 1 aromatic heterocycles. The fourth-order valence-electron chi connectivity index (χ4n) is 1.80. The molecule has 1 aliphatic heterocycles. The molecule has 1 saturated heterocycles. The van der Waals surface area contributed by atoms with Gasteiger partial charge in [-0.15, -0.1) is 0 Å². The van der Waals surface area contributed by atoms with Crippen LogP contribution in [0.1, 0.15) is 12.1 Å². The second kappa shape index (κ2) is 5.40. The first-order valence-corrected chi connectivity index (χ1v) is 6.87. The SMILES string of the molecule is Cc1cccc(NC(=O)N(C)C2CCSC2)n1. The number of rotatable bonds is 2. The first kappa shape index (κ1) is 12.2. The second-order valence-corrected chi connectivity index (χ2v) is 5.37. The van der Waals surface area contributed by atoms with Gasteiger partial charge in [-0.3, -0.25) is 5.32 Å². The molecule has 2 amide bonds. The van der Waals surface area contributed by atoms with E-state index in [2.05, 4.69) is 10.3 Å². The van der Waals surface area contributed by atoms with E-state index in [9.17, 15) is 4.79 Å². The zero-order valence-electron chi connectivity index (χ0n) is 10.1. The zero-order chi connectivity index (χ0) is 12.3. The molecular formula is C12H17N3OS. The van der Waals surface area contributed by atoms with Gasteiger partial charge in [0.15, 0.2) is 0 Å². The number of aryl methyl sites for hydroxylation is 1. The Labute approximate surface area is 106 Å². The van der Waals surface area contributed by atoms with Crippen LogP contribution in [0.5, 0.6) is 0 Å². The monoisotopic (exact) mass is 251 g/mol. The molecule has 0 aromatic carbocycles. The van der Waals surface area contributed by atoms with Crippen molar-refractivity contribution >= 4 is 23.6 Å². The number of anilines is 1. The number of hydrogen-bond donors (Lipinski definition) is 1. The molecule has 2 heterocycles. The van der Waals surface area contributed by atoms with Crippen LogP contribution in [0, 0.1) is 6.92 Å². The molecule has 1 N–H and O–H groups in total. The molecule has 2 rings (SSSR count).